The molecule has 0 spiro atoms. The summed E-state index contributed by atoms with van der Waals surface area (Å²) in [6, 6.07) is 0.531. The van der Waals surface area contributed by atoms with Crippen molar-refractivity contribution in [1.29, 1.82) is 0 Å². The highest BCUT2D eigenvalue weighted by atomic mass is 15.3. The molecule has 0 bridgehead atoms. The third-order valence-corrected chi connectivity index (χ3v) is 4.23. The first-order chi connectivity index (χ1) is 8.40. The van der Waals surface area contributed by atoms with Crippen LogP contribution in [0.4, 0.5) is 0 Å². The van der Waals surface area contributed by atoms with E-state index in [9.17, 15) is 0 Å². The first kappa shape index (κ1) is 11.3. The van der Waals surface area contributed by atoms with Gasteiger partial charge in [0, 0.05) is 12.2 Å². The molecule has 1 aliphatic carbocycles. The van der Waals surface area contributed by atoms with Gasteiger partial charge in [-0.25, -0.2) is 0 Å². The molecule has 3 rings (SSSR count). The fourth-order valence-electron chi connectivity index (χ4n) is 3.33. The van der Waals surface area contributed by atoms with Crippen LogP contribution in [0.25, 0.3) is 0 Å². The second-order valence-corrected chi connectivity index (χ2v) is 5.34. The maximum absolute atomic E-state index is 4.89. The monoisotopic (exact) mass is 233 g/mol. The fraction of sp³-hybridized carbons (Fsp3) is 0.786. The van der Waals surface area contributed by atoms with Crippen molar-refractivity contribution < 1.29 is 0 Å². The van der Waals surface area contributed by atoms with Crippen molar-refractivity contribution in [2.45, 2.75) is 64.5 Å². The van der Waals surface area contributed by atoms with E-state index in [1.54, 1.807) is 5.56 Å². The van der Waals surface area contributed by atoms with Gasteiger partial charge >= 0.3 is 0 Å². The van der Waals surface area contributed by atoms with Crippen molar-refractivity contribution in [3.8, 4) is 0 Å². The maximum Gasteiger partial charge on any atom is 0.0828 e. The molecule has 3 nitrogen and oxygen atoms in total. The topological polar surface area (TPSA) is 29.9 Å². The van der Waals surface area contributed by atoms with Gasteiger partial charge in [0.25, 0.3) is 0 Å². The lowest BCUT2D eigenvalue weighted by atomic mass is 9.91. The van der Waals surface area contributed by atoms with E-state index < -0.39 is 0 Å². The van der Waals surface area contributed by atoms with Gasteiger partial charge in [0.2, 0.25) is 0 Å². The molecule has 0 saturated carbocycles. The molecule has 3 heteroatoms. The van der Waals surface area contributed by atoms with Gasteiger partial charge in [-0.05, 0) is 57.6 Å². The molecule has 0 radical (unpaired) electrons. The number of aryl methyl sites for hydroxylation is 1. The smallest absolute Gasteiger partial charge is 0.0828 e. The van der Waals surface area contributed by atoms with Crippen molar-refractivity contribution in [2.75, 3.05) is 6.54 Å². The summed E-state index contributed by atoms with van der Waals surface area (Å²) in [5.74, 6) is 0. The van der Waals surface area contributed by atoms with Crippen LogP contribution in [-0.2, 0) is 19.4 Å². The SMILES string of the molecule is CCn1nc([C@@H]2CCCCN2)c2c1CCCC2. The number of hydrogen-bond acceptors (Lipinski definition) is 2. The molecule has 1 atom stereocenters. The van der Waals surface area contributed by atoms with E-state index in [0.29, 0.717) is 6.04 Å². The van der Waals surface area contributed by atoms with Gasteiger partial charge in [-0.3, -0.25) is 4.68 Å². The summed E-state index contributed by atoms with van der Waals surface area (Å²) < 4.78 is 2.25. The van der Waals surface area contributed by atoms with Gasteiger partial charge in [0.05, 0.1) is 11.7 Å². The molecule has 2 aliphatic rings. The highest BCUT2D eigenvalue weighted by Gasteiger charge is 2.26. The number of rotatable bonds is 2. The molecule has 0 aromatic carbocycles. The van der Waals surface area contributed by atoms with Crippen LogP contribution in [0.15, 0.2) is 0 Å². The van der Waals surface area contributed by atoms with E-state index in [-0.39, 0.29) is 0 Å². The average molecular weight is 233 g/mol. The Labute approximate surface area is 104 Å². The highest BCUT2D eigenvalue weighted by molar-refractivity contribution is 5.31. The molecule has 1 saturated heterocycles. The fourth-order valence-corrected chi connectivity index (χ4v) is 3.33. The Morgan fingerprint density at radius 1 is 1.24 bits per heavy atom. The Kier molecular flexibility index (Phi) is 3.19. The number of aromatic nitrogens is 2. The molecule has 17 heavy (non-hydrogen) atoms. The number of nitrogens with one attached hydrogen (secondary N) is 1. The molecule has 1 aromatic heterocycles. The van der Waals surface area contributed by atoms with Gasteiger partial charge in [-0.15, -0.1) is 0 Å². The summed E-state index contributed by atoms with van der Waals surface area (Å²) in [7, 11) is 0. The average Bonchev–Trinajstić information content (AvgIpc) is 2.78. The molecular formula is C14H23N3. The van der Waals surface area contributed by atoms with E-state index in [4.69, 9.17) is 5.10 Å². The quantitative estimate of drug-likeness (QED) is 0.851. The summed E-state index contributed by atoms with van der Waals surface area (Å²) in [5, 5.41) is 8.54. The standard InChI is InChI=1S/C14H23N3/c1-2-17-13-9-4-3-7-11(13)14(16-17)12-8-5-6-10-15-12/h12,15H,2-10H2,1H3/t12-/m0/s1. The van der Waals surface area contributed by atoms with Crippen LogP contribution in [0.2, 0.25) is 0 Å². The van der Waals surface area contributed by atoms with Crippen LogP contribution in [0.3, 0.4) is 0 Å². The third-order valence-electron chi connectivity index (χ3n) is 4.23. The Balaban J connectivity index is 1.95. The lowest BCUT2D eigenvalue weighted by Crippen LogP contribution is -2.28. The van der Waals surface area contributed by atoms with Crippen LogP contribution in [0.1, 0.15) is 62.0 Å². The second kappa shape index (κ2) is 4.81. The van der Waals surface area contributed by atoms with E-state index >= 15 is 0 Å². The van der Waals surface area contributed by atoms with Crippen LogP contribution >= 0.6 is 0 Å². The molecular weight excluding hydrogens is 210 g/mol. The Morgan fingerprint density at radius 3 is 2.88 bits per heavy atom. The van der Waals surface area contributed by atoms with Gasteiger partial charge in [0.15, 0.2) is 0 Å². The molecule has 0 unspecified atom stereocenters. The third kappa shape index (κ3) is 2.01. The van der Waals surface area contributed by atoms with Gasteiger partial charge in [-0.2, -0.15) is 5.10 Å². The van der Waals surface area contributed by atoms with Crippen molar-refractivity contribution in [3.63, 3.8) is 0 Å². The van der Waals surface area contributed by atoms with Gasteiger partial charge in [-0.1, -0.05) is 6.42 Å². The maximum atomic E-state index is 4.89. The summed E-state index contributed by atoms with van der Waals surface area (Å²) >= 11 is 0. The number of piperidine rings is 1. The largest absolute Gasteiger partial charge is 0.309 e. The molecule has 1 N–H and O–H groups in total. The summed E-state index contributed by atoms with van der Waals surface area (Å²) in [6.07, 6.45) is 9.13. The predicted molar refractivity (Wildman–Crippen MR) is 69.1 cm³/mol. The van der Waals surface area contributed by atoms with Crippen molar-refractivity contribution in [3.05, 3.63) is 17.0 Å². The molecule has 1 aliphatic heterocycles. The van der Waals surface area contributed by atoms with E-state index in [2.05, 4.69) is 16.9 Å². The Hall–Kier alpha value is -0.830. The van der Waals surface area contributed by atoms with E-state index in [1.807, 2.05) is 0 Å². The van der Waals surface area contributed by atoms with Gasteiger partial charge < -0.3 is 5.32 Å². The van der Waals surface area contributed by atoms with Crippen LogP contribution < -0.4 is 5.32 Å². The van der Waals surface area contributed by atoms with E-state index in [0.717, 1.165) is 6.54 Å². The predicted octanol–water partition coefficient (Wildman–Crippen LogP) is 2.60. The first-order valence-corrected chi connectivity index (χ1v) is 7.22. The minimum atomic E-state index is 0.531. The zero-order chi connectivity index (χ0) is 11.7. The Morgan fingerprint density at radius 2 is 2.12 bits per heavy atom. The van der Waals surface area contributed by atoms with Crippen molar-refractivity contribution in [2.24, 2.45) is 0 Å². The first-order valence-electron chi connectivity index (χ1n) is 7.22. The zero-order valence-corrected chi connectivity index (χ0v) is 10.8. The number of hydrogen-bond donors (Lipinski definition) is 1. The van der Waals surface area contributed by atoms with Gasteiger partial charge in [0.1, 0.15) is 0 Å². The molecule has 0 amide bonds. The highest BCUT2D eigenvalue weighted by Crippen LogP contribution is 2.31. The number of fused-ring (bicyclic) bond motifs is 1. The summed E-state index contributed by atoms with van der Waals surface area (Å²) in [6.45, 7) is 4.40. The lowest BCUT2D eigenvalue weighted by Gasteiger charge is -2.23. The minimum Gasteiger partial charge on any atom is -0.309 e. The molecule has 1 fully saturated rings. The normalized spacial score (nSPS) is 24.6. The Bertz CT molecular complexity index is 388. The van der Waals surface area contributed by atoms with Crippen molar-refractivity contribution >= 4 is 0 Å². The molecule has 2 heterocycles. The zero-order valence-electron chi connectivity index (χ0n) is 10.8. The van der Waals surface area contributed by atoms with Crippen molar-refractivity contribution in [1.82, 2.24) is 15.1 Å². The number of nitrogens with zero attached hydrogens (tertiary/aromatic N) is 2. The lowest BCUT2D eigenvalue weighted by molar-refractivity contribution is 0.399. The van der Waals surface area contributed by atoms with Crippen LogP contribution in [-0.4, -0.2) is 16.3 Å². The second-order valence-electron chi connectivity index (χ2n) is 5.34. The van der Waals surface area contributed by atoms with E-state index in [1.165, 1.54) is 62.9 Å². The summed E-state index contributed by atoms with van der Waals surface area (Å²) in [4.78, 5) is 0. The summed E-state index contributed by atoms with van der Waals surface area (Å²) in [5.41, 5.74) is 4.49. The molecule has 94 valence electrons. The molecule has 1 aromatic rings. The minimum absolute atomic E-state index is 0.531. The van der Waals surface area contributed by atoms with Crippen LogP contribution in [0.5, 0.6) is 0 Å². The van der Waals surface area contributed by atoms with Crippen LogP contribution in [0, 0.1) is 0 Å².